The van der Waals surface area contributed by atoms with Crippen molar-refractivity contribution in [2.45, 2.75) is 38.5 Å². The number of aryl methyl sites for hydroxylation is 1. The van der Waals surface area contributed by atoms with Crippen molar-refractivity contribution in [2.75, 3.05) is 0 Å². The summed E-state index contributed by atoms with van der Waals surface area (Å²) < 4.78 is 0. The van der Waals surface area contributed by atoms with E-state index in [-0.39, 0.29) is 5.38 Å². The van der Waals surface area contributed by atoms with Crippen LogP contribution in [0.15, 0.2) is 18.3 Å². The number of nitrogens with zero attached hydrogens (tertiary/aromatic N) is 1. The van der Waals surface area contributed by atoms with E-state index in [1.54, 1.807) is 0 Å². The number of rotatable bonds is 3. The van der Waals surface area contributed by atoms with Gasteiger partial charge in [-0.2, -0.15) is 0 Å². The highest BCUT2D eigenvalue weighted by molar-refractivity contribution is 6.20. The van der Waals surface area contributed by atoms with Gasteiger partial charge in [0.1, 0.15) is 0 Å². The molecule has 0 N–H and O–H groups in total. The summed E-state index contributed by atoms with van der Waals surface area (Å²) in [5.41, 5.74) is 2.34. The monoisotopic (exact) mass is 197 g/mol. The lowest BCUT2D eigenvalue weighted by Gasteiger charge is -2.12. The second kappa shape index (κ2) is 4.61. The summed E-state index contributed by atoms with van der Waals surface area (Å²) in [4.78, 5) is 4.26. The van der Waals surface area contributed by atoms with Gasteiger partial charge in [-0.15, -0.1) is 11.6 Å². The maximum Gasteiger partial charge on any atom is 0.0372 e. The van der Waals surface area contributed by atoms with Crippen LogP contribution < -0.4 is 0 Å². The van der Waals surface area contributed by atoms with Crippen molar-refractivity contribution in [3.8, 4) is 0 Å². The van der Waals surface area contributed by atoms with Gasteiger partial charge in [0.2, 0.25) is 0 Å². The normalized spacial score (nSPS) is 15.4. The Bertz CT molecular complexity index is 253. The lowest BCUT2D eigenvalue weighted by atomic mass is 9.98. The lowest BCUT2D eigenvalue weighted by molar-refractivity contribution is 0.668. The molecular formula is C11H16ClN. The molecule has 0 aliphatic rings. The maximum absolute atomic E-state index is 5.93. The van der Waals surface area contributed by atoms with Gasteiger partial charge in [-0.25, -0.2) is 0 Å². The van der Waals surface area contributed by atoms with E-state index in [0.29, 0.717) is 5.92 Å². The van der Waals surface area contributed by atoms with Crippen LogP contribution in [0.3, 0.4) is 0 Å². The fourth-order valence-corrected chi connectivity index (χ4v) is 1.66. The Balaban J connectivity index is 2.66. The highest BCUT2D eigenvalue weighted by atomic mass is 35.5. The van der Waals surface area contributed by atoms with Crippen LogP contribution in [-0.4, -0.2) is 10.4 Å². The molecule has 0 fully saturated rings. The molecule has 2 heteroatoms. The third kappa shape index (κ3) is 3.35. The van der Waals surface area contributed by atoms with Gasteiger partial charge in [0.25, 0.3) is 0 Å². The molecule has 0 saturated heterocycles. The summed E-state index contributed by atoms with van der Waals surface area (Å²) in [6.07, 6.45) is 2.95. The Morgan fingerprint density at radius 3 is 2.54 bits per heavy atom. The van der Waals surface area contributed by atoms with Crippen LogP contribution in [0.4, 0.5) is 0 Å². The van der Waals surface area contributed by atoms with Crippen LogP contribution in [0.1, 0.15) is 37.4 Å². The first-order valence-electron chi connectivity index (χ1n) is 4.66. The van der Waals surface area contributed by atoms with Gasteiger partial charge in [-0.05, 0) is 37.8 Å². The van der Waals surface area contributed by atoms with Gasteiger partial charge in [0, 0.05) is 17.3 Å². The molecule has 0 amide bonds. The van der Waals surface area contributed by atoms with Crippen molar-refractivity contribution >= 4 is 11.6 Å². The average molecular weight is 198 g/mol. The number of hydrogen-bond donors (Lipinski definition) is 0. The molecule has 72 valence electrons. The van der Waals surface area contributed by atoms with E-state index < -0.39 is 0 Å². The van der Waals surface area contributed by atoms with E-state index >= 15 is 0 Å². The molecular weight excluding hydrogens is 182 g/mol. The molecule has 1 aromatic rings. The SMILES string of the molecule is Cc1ccc(C(C)CC(C)Cl)cn1. The number of halogens is 1. The van der Waals surface area contributed by atoms with Gasteiger partial charge >= 0.3 is 0 Å². The standard InChI is InChI=1S/C11H16ClN/c1-8(6-9(2)12)11-5-4-10(3)13-7-11/h4-5,7-9H,6H2,1-3H3. The Morgan fingerprint density at radius 2 is 2.08 bits per heavy atom. The molecule has 0 saturated carbocycles. The van der Waals surface area contributed by atoms with E-state index in [2.05, 4.69) is 18.0 Å². The van der Waals surface area contributed by atoms with Gasteiger partial charge in [0.15, 0.2) is 0 Å². The van der Waals surface area contributed by atoms with Gasteiger partial charge in [-0.3, -0.25) is 4.98 Å². The van der Waals surface area contributed by atoms with Crippen molar-refractivity contribution in [1.82, 2.24) is 4.98 Å². The Kier molecular flexibility index (Phi) is 3.73. The van der Waals surface area contributed by atoms with Crippen molar-refractivity contribution in [3.05, 3.63) is 29.6 Å². The van der Waals surface area contributed by atoms with Crippen molar-refractivity contribution in [1.29, 1.82) is 0 Å². The average Bonchev–Trinajstić information content (AvgIpc) is 2.04. The first-order chi connectivity index (χ1) is 6.09. The van der Waals surface area contributed by atoms with Crippen LogP contribution >= 0.6 is 11.6 Å². The topological polar surface area (TPSA) is 12.9 Å². The minimum Gasteiger partial charge on any atom is -0.261 e. The quantitative estimate of drug-likeness (QED) is 0.676. The molecule has 0 radical (unpaired) electrons. The third-order valence-corrected chi connectivity index (χ3v) is 2.36. The number of pyridine rings is 1. The molecule has 0 aliphatic carbocycles. The molecule has 0 bridgehead atoms. The van der Waals surface area contributed by atoms with E-state index in [0.717, 1.165) is 12.1 Å². The predicted molar refractivity (Wildman–Crippen MR) is 57.3 cm³/mol. The zero-order chi connectivity index (χ0) is 9.84. The highest BCUT2D eigenvalue weighted by Gasteiger charge is 2.08. The van der Waals surface area contributed by atoms with Crippen LogP contribution in [0, 0.1) is 6.92 Å². The molecule has 1 rings (SSSR count). The van der Waals surface area contributed by atoms with Crippen molar-refractivity contribution in [3.63, 3.8) is 0 Å². The molecule has 2 atom stereocenters. The first-order valence-corrected chi connectivity index (χ1v) is 5.10. The van der Waals surface area contributed by atoms with Crippen LogP contribution in [0.2, 0.25) is 0 Å². The Labute approximate surface area is 85.1 Å². The molecule has 1 heterocycles. The molecule has 0 spiro atoms. The number of alkyl halides is 1. The Morgan fingerprint density at radius 1 is 1.38 bits per heavy atom. The van der Waals surface area contributed by atoms with Crippen LogP contribution in [0.25, 0.3) is 0 Å². The summed E-state index contributed by atoms with van der Waals surface area (Å²) >= 11 is 5.93. The maximum atomic E-state index is 5.93. The van der Waals surface area contributed by atoms with E-state index in [1.807, 2.05) is 26.1 Å². The summed E-state index contributed by atoms with van der Waals surface area (Å²) in [7, 11) is 0. The van der Waals surface area contributed by atoms with Gasteiger partial charge in [0.05, 0.1) is 0 Å². The number of aromatic nitrogens is 1. The van der Waals surface area contributed by atoms with Crippen LogP contribution in [0.5, 0.6) is 0 Å². The van der Waals surface area contributed by atoms with Crippen molar-refractivity contribution in [2.24, 2.45) is 0 Å². The first kappa shape index (κ1) is 10.5. The van der Waals surface area contributed by atoms with E-state index in [4.69, 9.17) is 11.6 Å². The smallest absolute Gasteiger partial charge is 0.0372 e. The molecule has 0 aliphatic heterocycles. The largest absolute Gasteiger partial charge is 0.261 e. The Hall–Kier alpha value is -0.560. The molecule has 0 aromatic carbocycles. The fraction of sp³-hybridized carbons (Fsp3) is 0.545. The van der Waals surface area contributed by atoms with E-state index in [9.17, 15) is 0 Å². The molecule has 1 aromatic heterocycles. The van der Waals surface area contributed by atoms with Gasteiger partial charge in [-0.1, -0.05) is 13.0 Å². The molecule has 13 heavy (non-hydrogen) atoms. The summed E-state index contributed by atoms with van der Waals surface area (Å²) in [5.74, 6) is 0.501. The highest BCUT2D eigenvalue weighted by Crippen LogP contribution is 2.21. The van der Waals surface area contributed by atoms with Crippen LogP contribution in [-0.2, 0) is 0 Å². The van der Waals surface area contributed by atoms with Crippen molar-refractivity contribution < 1.29 is 0 Å². The minimum atomic E-state index is 0.233. The lowest BCUT2D eigenvalue weighted by Crippen LogP contribution is -2.01. The second-order valence-electron chi connectivity index (χ2n) is 3.65. The third-order valence-electron chi connectivity index (χ3n) is 2.18. The summed E-state index contributed by atoms with van der Waals surface area (Å²) in [6, 6.07) is 4.18. The van der Waals surface area contributed by atoms with Gasteiger partial charge < -0.3 is 0 Å². The van der Waals surface area contributed by atoms with E-state index in [1.165, 1.54) is 5.56 Å². The number of hydrogen-bond acceptors (Lipinski definition) is 1. The minimum absolute atomic E-state index is 0.233. The fourth-order valence-electron chi connectivity index (χ4n) is 1.39. The molecule has 2 unspecified atom stereocenters. The second-order valence-corrected chi connectivity index (χ2v) is 4.40. The predicted octanol–water partition coefficient (Wildman–Crippen LogP) is 3.51. The zero-order valence-corrected chi connectivity index (χ0v) is 9.17. The summed E-state index contributed by atoms with van der Waals surface area (Å²) in [6.45, 7) is 6.21. The summed E-state index contributed by atoms with van der Waals surface area (Å²) in [5, 5.41) is 0.233. The molecule has 1 nitrogen and oxygen atoms in total. The zero-order valence-electron chi connectivity index (χ0n) is 8.42.